The number of hydrogen-bond donors (Lipinski definition) is 0. The number of nitriles is 1. The molecule has 0 N–H and O–H groups in total. The van der Waals surface area contributed by atoms with Gasteiger partial charge < -0.3 is 0 Å². The SMILES string of the molecule is N#CC(CBr)Cc1ccc(Cl)cc1F. The Bertz CT molecular complexity index is 362. The Morgan fingerprint density at radius 3 is 2.79 bits per heavy atom. The number of nitrogens with zero attached hydrogens (tertiary/aromatic N) is 1. The predicted octanol–water partition coefficient (Wildman–Crippen LogP) is 3.56. The van der Waals surface area contributed by atoms with Crippen LogP contribution in [0, 0.1) is 23.1 Å². The predicted molar refractivity (Wildman–Crippen MR) is 58.0 cm³/mol. The van der Waals surface area contributed by atoms with E-state index in [4.69, 9.17) is 16.9 Å². The number of hydrogen-bond acceptors (Lipinski definition) is 1. The minimum atomic E-state index is -0.348. The summed E-state index contributed by atoms with van der Waals surface area (Å²) in [5, 5.41) is 9.63. The molecule has 0 heterocycles. The van der Waals surface area contributed by atoms with Crippen molar-refractivity contribution in [2.24, 2.45) is 5.92 Å². The Morgan fingerprint density at radius 2 is 2.29 bits per heavy atom. The number of alkyl halides is 1. The van der Waals surface area contributed by atoms with Gasteiger partial charge in [0.2, 0.25) is 0 Å². The maximum atomic E-state index is 13.3. The van der Waals surface area contributed by atoms with Gasteiger partial charge in [-0.25, -0.2) is 4.39 Å². The van der Waals surface area contributed by atoms with E-state index in [-0.39, 0.29) is 11.7 Å². The van der Waals surface area contributed by atoms with E-state index in [0.29, 0.717) is 22.3 Å². The third kappa shape index (κ3) is 2.97. The first-order chi connectivity index (χ1) is 6.67. The Kier molecular flexibility index (Phi) is 4.37. The van der Waals surface area contributed by atoms with Gasteiger partial charge in [-0.3, -0.25) is 0 Å². The van der Waals surface area contributed by atoms with Gasteiger partial charge in [-0.1, -0.05) is 33.6 Å². The molecule has 1 atom stereocenters. The van der Waals surface area contributed by atoms with Crippen LogP contribution in [0.5, 0.6) is 0 Å². The van der Waals surface area contributed by atoms with Gasteiger partial charge in [0.1, 0.15) is 5.82 Å². The molecule has 0 radical (unpaired) electrons. The van der Waals surface area contributed by atoms with Crippen LogP contribution in [0.1, 0.15) is 5.56 Å². The molecule has 0 spiro atoms. The van der Waals surface area contributed by atoms with E-state index in [1.807, 2.05) is 0 Å². The van der Waals surface area contributed by atoms with Crippen LogP contribution < -0.4 is 0 Å². The molecular formula is C10H8BrClFN. The summed E-state index contributed by atoms with van der Waals surface area (Å²) in [6.45, 7) is 0. The molecule has 0 aliphatic heterocycles. The highest BCUT2D eigenvalue weighted by atomic mass is 79.9. The lowest BCUT2D eigenvalue weighted by Gasteiger charge is -2.06. The van der Waals surface area contributed by atoms with Crippen LogP contribution in [0.2, 0.25) is 5.02 Å². The van der Waals surface area contributed by atoms with Crippen molar-refractivity contribution in [2.45, 2.75) is 6.42 Å². The molecule has 0 aliphatic carbocycles. The molecule has 14 heavy (non-hydrogen) atoms. The lowest BCUT2D eigenvalue weighted by atomic mass is 10.0. The first-order valence-electron chi connectivity index (χ1n) is 4.07. The molecule has 0 bridgehead atoms. The van der Waals surface area contributed by atoms with Crippen LogP contribution in [0.25, 0.3) is 0 Å². The average molecular weight is 277 g/mol. The minimum Gasteiger partial charge on any atom is -0.207 e. The zero-order valence-electron chi connectivity index (χ0n) is 7.30. The van der Waals surface area contributed by atoms with Gasteiger partial charge >= 0.3 is 0 Å². The second-order valence-electron chi connectivity index (χ2n) is 2.92. The van der Waals surface area contributed by atoms with Crippen molar-refractivity contribution >= 4 is 27.5 Å². The second kappa shape index (κ2) is 5.33. The molecule has 0 saturated heterocycles. The molecule has 0 aliphatic rings. The van der Waals surface area contributed by atoms with Crippen LogP contribution >= 0.6 is 27.5 Å². The molecule has 0 fully saturated rings. The summed E-state index contributed by atoms with van der Waals surface area (Å²) in [6, 6.07) is 6.60. The zero-order valence-corrected chi connectivity index (χ0v) is 9.65. The molecule has 74 valence electrons. The van der Waals surface area contributed by atoms with Gasteiger partial charge in [-0.15, -0.1) is 0 Å². The maximum Gasteiger partial charge on any atom is 0.127 e. The topological polar surface area (TPSA) is 23.8 Å². The van der Waals surface area contributed by atoms with Gasteiger partial charge in [0.25, 0.3) is 0 Å². The summed E-state index contributed by atoms with van der Waals surface area (Å²) >= 11 is 8.81. The molecule has 1 aromatic rings. The lowest BCUT2D eigenvalue weighted by Crippen LogP contribution is -2.04. The second-order valence-corrected chi connectivity index (χ2v) is 4.00. The van der Waals surface area contributed by atoms with Crippen LogP contribution in [0.3, 0.4) is 0 Å². The third-order valence-corrected chi connectivity index (χ3v) is 2.87. The Hall–Kier alpha value is -0.590. The van der Waals surface area contributed by atoms with E-state index in [9.17, 15) is 4.39 Å². The van der Waals surface area contributed by atoms with Crippen LogP contribution in [0.4, 0.5) is 4.39 Å². The summed E-state index contributed by atoms with van der Waals surface area (Å²) in [6.07, 6.45) is 0.407. The first-order valence-corrected chi connectivity index (χ1v) is 5.57. The molecule has 1 aromatic carbocycles. The van der Waals surface area contributed by atoms with Gasteiger partial charge in [0.15, 0.2) is 0 Å². The van der Waals surface area contributed by atoms with E-state index in [1.54, 1.807) is 12.1 Å². The maximum absolute atomic E-state index is 13.3. The minimum absolute atomic E-state index is 0.203. The standard InChI is InChI=1S/C10H8BrClFN/c11-5-7(6-14)3-8-1-2-9(12)4-10(8)13/h1-2,4,7H,3,5H2. The Balaban J connectivity index is 2.82. The molecule has 4 heteroatoms. The van der Waals surface area contributed by atoms with E-state index < -0.39 is 0 Å². The number of halogens is 3. The zero-order chi connectivity index (χ0) is 10.6. The largest absolute Gasteiger partial charge is 0.207 e. The van der Waals surface area contributed by atoms with Crippen molar-refractivity contribution in [1.82, 2.24) is 0 Å². The quantitative estimate of drug-likeness (QED) is 0.775. The molecule has 0 amide bonds. The summed E-state index contributed by atoms with van der Waals surface area (Å²) in [4.78, 5) is 0. The highest BCUT2D eigenvalue weighted by Gasteiger charge is 2.10. The monoisotopic (exact) mass is 275 g/mol. The summed E-state index contributed by atoms with van der Waals surface area (Å²) in [5.41, 5.74) is 0.528. The smallest absolute Gasteiger partial charge is 0.127 e. The van der Waals surface area contributed by atoms with E-state index >= 15 is 0 Å². The summed E-state index contributed by atoms with van der Waals surface area (Å²) in [7, 11) is 0. The van der Waals surface area contributed by atoms with Crippen molar-refractivity contribution in [3.63, 3.8) is 0 Å². The molecule has 1 rings (SSSR count). The van der Waals surface area contributed by atoms with Crippen molar-refractivity contribution in [2.75, 3.05) is 5.33 Å². The fourth-order valence-corrected chi connectivity index (χ4v) is 1.62. The molecule has 1 nitrogen and oxygen atoms in total. The van der Waals surface area contributed by atoms with Crippen LogP contribution in [0.15, 0.2) is 18.2 Å². The number of rotatable bonds is 3. The summed E-state index contributed by atoms with van der Waals surface area (Å²) < 4.78 is 13.3. The van der Waals surface area contributed by atoms with E-state index in [2.05, 4.69) is 22.0 Å². The van der Waals surface area contributed by atoms with Crippen molar-refractivity contribution in [1.29, 1.82) is 5.26 Å². The molecule has 1 unspecified atom stereocenters. The normalized spacial score (nSPS) is 12.1. The fourth-order valence-electron chi connectivity index (χ4n) is 1.09. The Labute approximate surface area is 95.6 Å². The highest BCUT2D eigenvalue weighted by molar-refractivity contribution is 9.09. The van der Waals surface area contributed by atoms with Crippen molar-refractivity contribution < 1.29 is 4.39 Å². The molecular weight excluding hydrogens is 268 g/mol. The fraction of sp³-hybridized carbons (Fsp3) is 0.300. The van der Waals surface area contributed by atoms with Crippen molar-refractivity contribution in [3.8, 4) is 6.07 Å². The van der Waals surface area contributed by atoms with Gasteiger partial charge in [-0.2, -0.15) is 5.26 Å². The lowest BCUT2D eigenvalue weighted by molar-refractivity contribution is 0.596. The first kappa shape index (κ1) is 11.5. The number of benzene rings is 1. The van der Waals surface area contributed by atoms with E-state index in [0.717, 1.165) is 0 Å². The average Bonchev–Trinajstić information content (AvgIpc) is 2.17. The van der Waals surface area contributed by atoms with E-state index in [1.165, 1.54) is 6.07 Å². The van der Waals surface area contributed by atoms with Gasteiger partial charge in [0, 0.05) is 10.4 Å². The van der Waals surface area contributed by atoms with Crippen molar-refractivity contribution in [3.05, 3.63) is 34.6 Å². The molecule has 0 saturated carbocycles. The molecule has 0 aromatic heterocycles. The third-order valence-electron chi connectivity index (χ3n) is 1.85. The van der Waals surface area contributed by atoms with Crippen LogP contribution in [-0.2, 0) is 6.42 Å². The summed E-state index contributed by atoms with van der Waals surface area (Å²) in [5.74, 6) is -0.552. The Morgan fingerprint density at radius 1 is 1.57 bits per heavy atom. The van der Waals surface area contributed by atoms with Gasteiger partial charge in [0.05, 0.1) is 12.0 Å². The highest BCUT2D eigenvalue weighted by Crippen LogP contribution is 2.18. The van der Waals surface area contributed by atoms with Gasteiger partial charge in [-0.05, 0) is 24.1 Å². The van der Waals surface area contributed by atoms with Crippen LogP contribution in [-0.4, -0.2) is 5.33 Å².